The van der Waals surface area contributed by atoms with Crippen LogP contribution in [0.25, 0.3) is 0 Å². The molecule has 0 atom stereocenters. The normalized spacial score (nSPS) is 11.2. The summed E-state index contributed by atoms with van der Waals surface area (Å²) in [6.45, 7) is 3.79. The van der Waals surface area contributed by atoms with Crippen LogP contribution in [0.2, 0.25) is 0 Å². The first kappa shape index (κ1) is 19.8. The van der Waals surface area contributed by atoms with E-state index in [1.807, 2.05) is 19.0 Å². The minimum absolute atomic E-state index is 0.108. The van der Waals surface area contributed by atoms with Crippen LogP contribution in [0.5, 0.6) is 0 Å². The van der Waals surface area contributed by atoms with Crippen molar-refractivity contribution >= 4 is 27.4 Å². The first-order valence-corrected chi connectivity index (χ1v) is 9.55. The average molecular weight is 377 g/mol. The number of anilines is 2. The molecule has 0 radical (unpaired) electrons. The van der Waals surface area contributed by atoms with Crippen molar-refractivity contribution < 1.29 is 13.2 Å². The lowest BCUT2D eigenvalue weighted by molar-refractivity contribution is 0.101. The number of carbonyl (C=O) groups excluding carboxylic acids is 1. The maximum Gasteiger partial charge on any atom is 0.240 e. The molecule has 0 fully saturated rings. The van der Waals surface area contributed by atoms with Crippen molar-refractivity contribution in [1.82, 2.24) is 14.7 Å². The fourth-order valence-corrected chi connectivity index (χ4v) is 3.23. The topological polar surface area (TPSA) is 104 Å². The maximum atomic E-state index is 12.3. The second-order valence-electron chi connectivity index (χ2n) is 5.96. The molecule has 26 heavy (non-hydrogen) atoms. The predicted octanol–water partition coefficient (Wildman–Crippen LogP) is 1.44. The largest absolute Gasteiger partial charge is 0.369 e. The van der Waals surface area contributed by atoms with E-state index < -0.39 is 10.0 Å². The van der Waals surface area contributed by atoms with Crippen LogP contribution in [-0.2, 0) is 10.0 Å². The first-order valence-electron chi connectivity index (χ1n) is 8.06. The molecule has 0 aliphatic heterocycles. The van der Waals surface area contributed by atoms with Gasteiger partial charge in [0.25, 0.3) is 0 Å². The van der Waals surface area contributed by atoms with Gasteiger partial charge in [0.05, 0.1) is 4.90 Å². The Kier molecular flexibility index (Phi) is 6.27. The Balaban J connectivity index is 1.93. The van der Waals surface area contributed by atoms with Crippen LogP contribution in [-0.4, -0.2) is 51.4 Å². The second-order valence-corrected chi connectivity index (χ2v) is 7.73. The zero-order chi connectivity index (χ0) is 19.3. The summed E-state index contributed by atoms with van der Waals surface area (Å²) in [4.78, 5) is 21.8. The van der Waals surface area contributed by atoms with Crippen molar-refractivity contribution in [2.75, 3.05) is 37.4 Å². The van der Waals surface area contributed by atoms with E-state index in [4.69, 9.17) is 0 Å². The zero-order valence-corrected chi connectivity index (χ0v) is 16.1. The van der Waals surface area contributed by atoms with E-state index >= 15 is 0 Å². The number of ketones is 1. The van der Waals surface area contributed by atoms with E-state index in [2.05, 4.69) is 20.0 Å². The molecule has 0 bridgehead atoms. The Labute approximate surface area is 153 Å². The van der Waals surface area contributed by atoms with Crippen molar-refractivity contribution in [3.05, 3.63) is 41.7 Å². The number of Topliss-reactive ketones (excluding diaryl/α,β-unsaturated/α-hetero) is 1. The predicted molar refractivity (Wildman–Crippen MR) is 101 cm³/mol. The molecule has 1 heterocycles. The molecule has 0 saturated carbocycles. The van der Waals surface area contributed by atoms with E-state index in [9.17, 15) is 13.2 Å². The summed E-state index contributed by atoms with van der Waals surface area (Å²) in [5.41, 5.74) is 0.474. The van der Waals surface area contributed by atoms with Gasteiger partial charge < -0.3 is 10.2 Å². The van der Waals surface area contributed by atoms with Gasteiger partial charge in [-0.15, -0.1) is 0 Å². The van der Waals surface area contributed by atoms with Crippen molar-refractivity contribution in [2.45, 2.75) is 18.7 Å². The van der Waals surface area contributed by atoms with Gasteiger partial charge in [0.15, 0.2) is 5.78 Å². The fourth-order valence-electron chi connectivity index (χ4n) is 2.20. The third-order valence-electron chi connectivity index (χ3n) is 3.58. The number of rotatable bonds is 8. The molecule has 0 unspecified atom stereocenters. The zero-order valence-electron chi connectivity index (χ0n) is 15.3. The molecule has 2 rings (SSSR count). The summed E-state index contributed by atoms with van der Waals surface area (Å²) in [5, 5.41) is 3.08. The molecule has 0 amide bonds. The van der Waals surface area contributed by atoms with Crippen LogP contribution < -0.4 is 14.9 Å². The molecule has 0 saturated heterocycles. The number of hydrogen-bond donors (Lipinski definition) is 2. The smallest absolute Gasteiger partial charge is 0.240 e. The second kappa shape index (κ2) is 8.24. The number of carbonyl (C=O) groups is 1. The molecule has 2 N–H and O–H groups in total. The standard InChI is InChI=1S/C17H23N5O3S/c1-12(23)14-5-7-15(8-6-14)26(24,25)19-10-9-18-16-11-17(22(3)4)21-13(2)20-16/h5-8,11,19H,9-10H2,1-4H3,(H,18,20,21). The van der Waals surface area contributed by atoms with Crippen molar-refractivity contribution in [3.8, 4) is 0 Å². The lowest BCUT2D eigenvalue weighted by atomic mass is 10.2. The van der Waals surface area contributed by atoms with E-state index in [1.165, 1.54) is 31.2 Å². The molecule has 140 valence electrons. The van der Waals surface area contributed by atoms with E-state index in [1.54, 1.807) is 13.0 Å². The van der Waals surface area contributed by atoms with Gasteiger partial charge in [-0.05, 0) is 26.0 Å². The molecule has 2 aromatic rings. The van der Waals surface area contributed by atoms with Crippen LogP contribution in [0.1, 0.15) is 23.1 Å². The van der Waals surface area contributed by atoms with Gasteiger partial charge in [0, 0.05) is 38.8 Å². The van der Waals surface area contributed by atoms with Gasteiger partial charge in [0.2, 0.25) is 10.0 Å². The molecule has 0 aliphatic carbocycles. The van der Waals surface area contributed by atoms with E-state index in [-0.39, 0.29) is 17.2 Å². The van der Waals surface area contributed by atoms with E-state index in [0.29, 0.717) is 23.8 Å². The summed E-state index contributed by atoms with van der Waals surface area (Å²) < 4.78 is 27.0. The molecule has 8 nitrogen and oxygen atoms in total. The Morgan fingerprint density at radius 3 is 2.35 bits per heavy atom. The third kappa shape index (κ3) is 5.24. The van der Waals surface area contributed by atoms with Crippen molar-refractivity contribution in [1.29, 1.82) is 0 Å². The fraction of sp³-hybridized carbons (Fsp3) is 0.353. The Morgan fingerprint density at radius 2 is 1.77 bits per heavy atom. The number of nitrogens with zero attached hydrogens (tertiary/aromatic N) is 3. The summed E-state index contributed by atoms with van der Waals surface area (Å²) in [6, 6.07) is 7.64. The summed E-state index contributed by atoms with van der Waals surface area (Å²) in [7, 11) is 0.143. The number of benzene rings is 1. The van der Waals surface area contributed by atoms with Crippen LogP contribution in [0.3, 0.4) is 0 Å². The molecule has 9 heteroatoms. The molecule has 0 spiro atoms. The van der Waals surface area contributed by atoms with Crippen molar-refractivity contribution in [2.24, 2.45) is 0 Å². The van der Waals surface area contributed by atoms with Crippen LogP contribution in [0, 0.1) is 6.92 Å². The molecule has 1 aromatic carbocycles. The highest BCUT2D eigenvalue weighted by atomic mass is 32.2. The average Bonchev–Trinajstić information content (AvgIpc) is 2.58. The highest BCUT2D eigenvalue weighted by Crippen LogP contribution is 2.13. The summed E-state index contributed by atoms with van der Waals surface area (Å²) in [5.74, 6) is 1.92. The summed E-state index contributed by atoms with van der Waals surface area (Å²) >= 11 is 0. The molecular weight excluding hydrogens is 354 g/mol. The number of hydrogen-bond acceptors (Lipinski definition) is 7. The van der Waals surface area contributed by atoms with Crippen LogP contribution in [0.4, 0.5) is 11.6 Å². The van der Waals surface area contributed by atoms with Crippen molar-refractivity contribution in [3.63, 3.8) is 0 Å². The van der Waals surface area contributed by atoms with Gasteiger partial charge in [0.1, 0.15) is 17.5 Å². The number of aryl methyl sites for hydroxylation is 1. The molecular formula is C17H23N5O3S. The minimum Gasteiger partial charge on any atom is -0.369 e. The number of nitrogens with one attached hydrogen (secondary N) is 2. The number of aromatic nitrogens is 2. The quantitative estimate of drug-likeness (QED) is 0.530. The van der Waals surface area contributed by atoms with Gasteiger partial charge in [-0.3, -0.25) is 4.79 Å². The lowest BCUT2D eigenvalue weighted by Gasteiger charge is -2.14. The van der Waals surface area contributed by atoms with Crippen LogP contribution in [0.15, 0.2) is 35.2 Å². The molecule has 0 aliphatic rings. The highest BCUT2D eigenvalue weighted by Gasteiger charge is 2.13. The third-order valence-corrected chi connectivity index (χ3v) is 5.05. The first-order chi connectivity index (χ1) is 12.2. The SMILES string of the molecule is CC(=O)c1ccc(S(=O)(=O)NCCNc2cc(N(C)C)nc(C)n2)cc1. The Bertz CT molecular complexity index is 880. The maximum absolute atomic E-state index is 12.3. The van der Waals surface area contributed by atoms with Gasteiger partial charge >= 0.3 is 0 Å². The monoisotopic (exact) mass is 377 g/mol. The Morgan fingerprint density at radius 1 is 1.12 bits per heavy atom. The highest BCUT2D eigenvalue weighted by molar-refractivity contribution is 7.89. The van der Waals surface area contributed by atoms with Gasteiger partial charge in [-0.25, -0.2) is 23.1 Å². The lowest BCUT2D eigenvalue weighted by Crippen LogP contribution is -2.29. The number of sulfonamides is 1. The van der Waals surface area contributed by atoms with Crippen LogP contribution >= 0.6 is 0 Å². The Hall–Kier alpha value is -2.52. The van der Waals surface area contributed by atoms with Gasteiger partial charge in [-0.2, -0.15) is 0 Å². The summed E-state index contributed by atoms with van der Waals surface area (Å²) in [6.07, 6.45) is 0. The van der Waals surface area contributed by atoms with E-state index in [0.717, 1.165) is 5.82 Å². The molecule has 1 aromatic heterocycles. The minimum atomic E-state index is -3.63. The van der Waals surface area contributed by atoms with Gasteiger partial charge in [-0.1, -0.05) is 12.1 Å².